The summed E-state index contributed by atoms with van der Waals surface area (Å²) in [5.74, 6) is 1.02. The number of nitrogens with zero attached hydrogens (tertiary/aromatic N) is 2. The van der Waals surface area contributed by atoms with Gasteiger partial charge in [0.1, 0.15) is 5.82 Å². The first-order valence-electron chi connectivity index (χ1n) is 6.87. The molecule has 1 aromatic rings. The van der Waals surface area contributed by atoms with Gasteiger partial charge < -0.3 is 15.0 Å². The molecule has 0 spiro atoms. The lowest BCUT2D eigenvalue weighted by molar-refractivity contribution is 0.0818. The minimum atomic E-state index is 0.393. The van der Waals surface area contributed by atoms with E-state index in [1.807, 2.05) is 0 Å². The molecule has 0 atom stereocenters. The first kappa shape index (κ1) is 14.6. The van der Waals surface area contributed by atoms with E-state index in [-0.39, 0.29) is 0 Å². The fourth-order valence-corrected chi connectivity index (χ4v) is 2.53. The van der Waals surface area contributed by atoms with Gasteiger partial charge in [-0.1, -0.05) is 18.5 Å². The Balaban J connectivity index is 2.04. The third-order valence-corrected chi connectivity index (χ3v) is 3.93. The van der Waals surface area contributed by atoms with Crippen molar-refractivity contribution in [2.24, 2.45) is 0 Å². The van der Waals surface area contributed by atoms with Crippen LogP contribution in [0.4, 0.5) is 5.82 Å². The van der Waals surface area contributed by atoms with Crippen molar-refractivity contribution >= 4 is 17.4 Å². The van der Waals surface area contributed by atoms with Crippen molar-refractivity contribution < 1.29 is 4.74 Å². The highest BCUT2D eigenvalue weighted by atomic mass is 35.5. The molecule has 2 rings (SSSR count). The molecule has 0 bridgehead atoms. The summed E-state index contributed by atoms with van der Waals surface area (Å²) >= 11 is 6.18. The standard InChI is InChI=1S/C14H22ClN3O/c1-3-16-9-11-8-14(17-10-13(11)15)18-6-4-12(19-2)5-7-18/h8,10,12,16H,3-7,9H2,1-2H3. The molecule has 19 heavy (non-hydrogen) atoms. The molecular weight excluding hydrogens is 262 g/mol. The third kappa shape index (κ3) is 3.81. The summed E-state index contributed by atoms with van der Waals surface area (Å²) in [6.45, 7) is 5.81. The molecule has 1 saturated heterocycles. The lowest BCUT2D eigenvalue weighted by Gasteiger charge is -2.32. The van der Waals surface area contributed by atoms with Crippen molar-refractivity contribution in [1.82, 2.24) is 10.3 Å². The fourth-order valence-electron chi connectivity index (χ4n) is 2.36. The number of rotatable bonds is 5. The van der Waals surface area contributed by atoms with Crippen LogP contribution in [-0.4, -0.2) is 37.8 Å². The van der Waals surface area contributed by atoms with Crippen LogP contribution in [0.25, 0.3) is 0 Å². The lowest BCUT2D eigenvalue weighted by Crippen LogP contribution is -2.37. The SMILES string of the molecule is CCNCc1cc(N2CCC(OC)CC2)ncc1Cl. The van der Waals surface area contributed by atoms with Crippen LogP contribution in [0.1, 0.15) is 25.3 Å². The van der Waals surface area contributed by atoms with Crippen LogP contribution in [0.5, 0.6) is 0 Å². The van der Waals surface area contributed by atoms with Crippen LogP contribution in [0.3, 0.4) is 0 Å². The smallest absolute Gasteiger partial charge is 0.128 e. The van der Waals surface area contributed by atoms with Crippen molar-refractivity contribution in [1.29, 1.82) is 0 Å². The van der Waals surface area contributed by atoms with E-state index in [9.17, 15) is 0 Å². The highest BCUT2D eigenvalue weighted by Gasteiger charge is 2.20. The number of piperidine rings is 1. The average molecular weight is 284 g/mol. The average Bonchev–Trinajstić information content (AvgIpc) is 2.46. The molecule has 1 N–H and O–H groups in total. The monoisotopic (exact) mass is 283 g/mol. The molecule has 1 aliphatic rings. The Morgan fingerprint density at radius 1 is 1.47 bits per heavy atom. The largest absolute Gasteiger partial charge is 0.381 e. The van der Waals surface area contributed by atoms with E-state index in [2.05, 4.69) is 28.2 Å². The first-order chi connectivity index (χ1) is 9.24. The van der Waals surface area contributed by atoms with E-state index in [0.717, 1.165) is 55.4 Å². The van der Waals surface area contributed by atoms with E-state index < -0.39 is 0 Å². The van der Waals surface area contributed by atoms with Gasteiger partial charge >= 0.3 is 0 Å². The van der Waals surface area contributed by atoms with Gasteiger partial charge in [-0.05, 0) is 31.0 Å². The van der Waals surface area contributed by atoms with E-state index in [1.54, 1.807) is 13.3 Å². The molecule has 5 heteroatoms. The number of methoxy groups -OCH3 is 1. The second kappa shape index (κ2) is 7.08. The van der Waals surface area contributed by atoms with Gasteiger partial charge in [-0.25, -0.2) is 4.98 Å². The van der Waals surface area contributed by atoms with Crippen molar-refractivity contribution in [2.45, 2.75) is 32.4 Å². The van der Waals surface area contributed by atoms with Crippen LogP contribution in [-0.2, 0) is 11.3 Å². The van der Waals surface area contributed by atoms with E-state index in [4.69, 9.17) is 16.3 Å². The van der Waals surface area contributed by atoms with Crippen molar-refractivity contribution in [2.75, 3.05) is 31.6 Å². The Kier molecular flexibility index (Phi) is 5.43. The Morgan fingerprint density at radius 2 is 2.21 bits per heavy atom. The summed E-state index contributed by atoms with van der Waals surface area (Å²) in [4.78, 5) is 6.75. The van der Waals surface area contributed by atoms with Gasteiger partial charge in [0.05, 0.1) is 11.1 Å². The van der Waals surface area contributed by atoms with Crippen LogP contribution < -0.4 is 10.2 Å². The van der Waals surface area contributed by atoms with Crippen molar-refractivity contribution in [3.05, 3.63) is 22.8 Å². The molecular formula is C14H22ClN3O. The number of halogens is 1. The molecule has 0 saturated carbocycles. The van der Waals surface area contributed by atoms with E-state index >= 15 is 0 Å². The molecule has 1 aromatic heterocycles. The number of pyridine rings is 1. The van der Waals surface area contributed by atoms with Gasteiger partial charge in [0.25, 0.3) is 0 Å². The molecule has 0 aromatic carbocycles. The van der Waals surface area contributed by atoms with Crippen LogP contribution >= 0.6 is 11.6 Å². The maximum atomic E-state index is 6.18. The molecule has 0 unspecified atom stereocenters. The Bertz CT molecular complexity index is 406. The molecule has 0 radical (unpaired) electrons. The molecule has 2 heterocycles. The zero-order valence-corrected chi connectivity index (χ0v) is 12.4. The van der Waals surface area contributed by atoms with Crippen molar-refractivity contribution in [3.63, 3.8) is 0 Å². The molecule has 0 amide bonds. The second-order valence-electron chi connectivity index (χ2n) is 4.84. The first-order valence-corrected chi connectivity index (χ1v) is 7.25. The van der Waals surface area contributed by atoms with Gasteiger partial charge in [0, 0.05) is 32.9 Å². The topological polar surface area (TPSA) is 37.4 Å². The molecule has 0 aliphatic carbocycles. The maximum absolute atomic E-state index is 6.18. The summed E-state index contributed by atoms with van der Waals surface area (Å²) in [5.41, 5.74) is 1.11. The highest BCUT2D eigenvalue weighted by molar-refractivity contribution is 6.31. The number of ether oxygens (including phenoxy) is 1. The summed E-state index contributed by atoms with van der Waals surface area (Å²) in [6, 6.07) is 2.10. The summed E-state index contributed by atoms with van der Waals surface area (Å²) in [5, 5.41) is 4.03. The Labute approximate surface area is 120 Å². The zero-order valence-electron chi connectivity index (χ0n) is 11.7. The number of nitrogens with one attached hydrogen (secondary N) is 1. The minimum Gasteiger partial charge on any atom is -0.381 e. The van der Waals surface area contributed by atoms with E-state index in [1.165, 1.54) is 0 Å². The fraction of sp³-hybridized carbons (Fsp3) is 0.643. The molecule has 1 aliphatic heterocycles. The molecule has 106 valence electrons. The van der Waals surface area contributed by atoms with Crippen LogP contribution in [0.2, 0.25) is 5.02 Å². The van der Waals surface area contributed by atoms with Gasteiger partial charge in [-0.2, -0.15) is 0 Å². The van der Waals surface area contributed by atoms with E-state index in [0.29, 0.717) is 6.10 Å². The van der Waals surface area contributed by atoms with Gasteiger partial charge in [0.2, 0.25) is 0 Å². The third-order valence-electron chi connectivity index (χ3n) is 3.59. The predicted molar refractivity (Wildman–Crippen MR) is 78.9 cm³/mol. The zero-order chi connectivity index (χ0) is 13.7. The van der Waals surface area contributed by atoms with Gasteiger partial charge in [0.15, 0.2) is 0 Å². The van der Waals surface area contributed by atoms with Gasteiger partial charge in [-0.3, -0.25) is 0 Å². The maximum Gasteiger partial charge on any atom is 0.128 e. The molecule has 1 fully saturated rings. The predicted octanol–water partition coefficient (Wildman–Crippen LogP) is 2.46. The number of anilines is 1. The summed E-state index contributed by atoms with van der Waals surface area (Å²) in [7, 11) is 1.79. The van der Waals surface area contributed by atoms with Crippen LogP contribution in [0, 0.1) is 0 Å². The summed E-state index contributed by atoms with van der Waals surface area (Å²) in [6.07, 6.45) is 4.27. The van der Waals surface area contributed by atoms with Crippen LogP contribution in [0.15, 0.2) is 12.3 Å². The number of hydrogen-bond acceptors (Lipinski definition) is 4. The lowest BCUT2D eigenvalue weighted by atomic mass is 10.1. The number of aromatic nitrogens is 1. The number of hydrogen-bond donors (Lipinski definition) is 1. The molecule has 4 nitrogen and oxygen atoms in total. The summed E-state index contributed by atoms with van der Waals surface area (Å²) < 4.78 is 5.39. The Hall–Kier alpha value is -0.840. The normalized spacial score (nSPS) is 16.9. The Morgan fingerprint density at radius 3 is 2.84 bits per heavy atom. The highest BCUT2D eigenvalue weighted by Crippen LogP contribution is 2.23. The second-order valence-corrected chi connectivity index (χ2v) is 5.24. The minimum absolute atomic E-state index is 0.393. The quantitative estimate of drug-likeness (QED) is 0.901. The van der Waals surface area contributed by atoms with Gasteiger partial charge in [-0.15, -0.1) is 0 Å². The van der Waals surface area contributed by atoms with Crippen molar-refractivity contribution in [3.8, 4) is 0 Å².